The Hall–Kier alpha value is -2.56. The van der Waals surface area contributed by atoms with Gasteiger partial charge in [0.25, 0.3) is 5.91 Å². The average molecular weight is 442 g/mol. The third-order valence-electron chi connectivity index (χ3n) is 5.43. The minimum Gasteiger partial charge on any atom is -0.446 e. The molecule has 2 saturated heterocycles. The van der Waals surface area contributed by atoms with Crippen molar-refractivity contribution in [3.8, 4) is 0 Å². The molecule has 4 heterocycles. The highest BCUT2D eigenvalue weighted by atomic mass is 32.1. The molecule has 2 amide bonds. The SMILES string of the molecule is CNC(=O)c1csc2c(C(F)(F)F)cc(N3CCC(OC(=O)N4CCC4)CC3)nc12. The molecule has 0 spiro atoms. The van der Waals surface area contributed by atoms with Crippen molar-refractivity contribution in [2.75, 3.05) is 38.1 Å². The van der Waals surface area contributed by atoms with E-state index in [2.05, 4.69) is 10.3 Å². The van der Waals surface area contributed by atoms with E-state index in [-0.39, 0.29) is 33.8 Å². The number of ether oxygens (including phenoxy) is 1. The summed E-state index contributed by atoms with van der Waals surface area (Å²) in [7, 11) is 1.42. The Morgan fingerprint density at radius 3 is 2.50 bits per heavy atom. The number of anilines is 1. The number of halogens is 3. The van der Waals surface area contributed by atoms with Gasteiger partial charge in [0.2, 0.25) is 0 Å². The molecule has 7 nitrogen and oxygen atoms in total. The zero-order valence-electron chi connectivity index (χ0n) is 16.3. The van der Waals surface area contributed by atoms with Crippen LogP contribution in [0.2, 0.25) is 0 Å². The third-order valence-corrected chi connectivity index (χ3v) is 6.44. The number of nitrogens with zero attached hydrogens (tertiary/aromatic N) is 3. The van der Waals surface area contributed by atoms with E-state index >= 15 is 0 Å². The van der Waals surface area contributed by atoms with Crippen LogP contribution in [0, 0.1) is 0 Å². The van der Waals surface area contributed by atoms with Gasteiger partial charge in [-0.15, -0.1) is 11.3 Å². The maximum absolute atomic E-state index is 13.7. The molecule has 1 N–H and O–H groups in total. The highest BCUT2D eigenvalue weighted by molar-refractivity contribution is 7.17. The fourth-order valence-electron chi connectivity index (χ4n) is 3.58. The Labute approximate surface area is 174 Å². The summed E-state index contributed by atoms with van der Waals surface area (Å²) < 4.78 is 46.5. The van der Waals surface area contributed by atoms with E-state index < -0.39 is 17.6 Å². The first-order chi connectivity index (χ1) is 14.3. The van der Waals surface area contributed by atoms with Crippen LogP contribution in [0.4, 0.5) is 23.8 Å². The molecule has 0 aromatic carbocycles. The van der Waals surface area contributed by atoms with Gasteiger partial charge < -0.3 is 19.9 Å². The van der Waals surface area contributed by atoms with Crippen LogP contribution in [0.15, 0.2) is 11.4 Å². The fraction of sp³-hybridized carbons (Fsp3) is 0.526. The normalized spacial score (nSPS) is 17.7. The van der Waals surface area contributed by atoms with Gasteiger partial charge in [0.15, 0.2) is 0 Å². The second-order valence-electron chi connectivity index (χ2n) is 7.34. The number of carbonyl (C=O) groups excluding carboxylic acids is 2. The minimum absolute atomic E-state index is 0.0514. The summed E-state index contributed by atoms with van der Waals surface area (Å²) in [4.78, 5) is 31.8. The molecule has 2 aromatic rings. The van der Waals surface area contributed by atoms with Crippen molar-refractivity contribution < 1.29 is 27.5 Å². The van der Waals surface area contributed by atoms with Crippen molar-refractivity contribution in [2.45, 2.75) is 31.5 Å². The molecule has 0 atom stereocenters. The molecule has 30 heavy (non-hydrogen) atoms. The molecule has 0 saturated carbocycles. The Morgan fingerprint density at radius 2 is 1.93 bits per heavy atom. The van der Waals surface area contributed by atoms with Gasteiger partial charge in [-0.3, -0.25) is 4.79 Å². The van der Waals surface area contributed by atoms with E-state index in [0.717, 1.165) is 23.8 Å². The number of piperidine rings is 1. The van der Waals surface area contributed by atoms with Crippen LogP contribution in [-0.4, -0.2) is 61.2 Å². The van der Waals surface area contributed by atoms with E-state index in [1.54, 1.807) is 9.80 Å². The van der Waals surface area contributed by atoms with Gasteiger partial charge in [-0.1, -0.05) is 0 Å². The predicted molar refractivity (Wildman–Crippen MR) is 106 cm³/mol. The van der Waals surface area contributed by atoms with Gasteiger partial charge >= 0.3 is 12.3 Å². The molecule has 4 rings (SSSR count). The van der Waals surface area contributed by atoms with Crippen molar-refractivity contribution in [1.82, 2.24) is 15.2 Å². The zero-order valence-corrected chi connectivity index (χ0v) is 17.1. The molecular formula is C19H21F3N4O3S. The number of pyridine rings is 1. The molecule has 11 heteroatoms. The van der Waals surface area contributed by atoms with Gasteiger partial charge in [-0.05, 0) is 12.5 Å². The van der Waals surface area contributed by atoms with E-state index in [1.165, 1.54) is 12.4 Å². The van der Waals surface area contributed by atoms with Gasteiger partial charge in [0.1, 0.15) is 11.9 Å². The molecule has 2 fully saturated rings. The quantitative estimate of drug-likeness (QED) is 0.788. The van der Waals surface area contributed by atoms with Crippen molar-refractivity contribution in [2.24, 2.45) is 0 Å². The van der Waals surface area contributed by atoms with E-state index in [4.69, 9.17) is 4.74 Å². The lowest BCUT2D eigenvalue weighted by molar-refractivity contribution is -0.136. The molecule has 2 aromatic heterocycles. The first kappa shape index (κ1) is 20.7. The van der Waals surface area contributed by atoms with Crippen molar-refractivity contribution in [3.63, 3.8) is 0 Å². The number of likely N-dealkylation sites (tertiary alicyclic amines) is 1. The fourth-order valence-corrected chi connectivity index (χ4v) is 4.61. The van der Waals surface area contributed by atoms with Crippen LogP contribution >= 0.6 is 11.3 Å². The number of hydrogen-bond donors (Lipinski definition) is 1. The second-order valence-corrected chi connectivity index (χ2v) is 8.22. The maximum Gasteiger partial charge on any atom is 0.417 e. The summed E-state index contributed by atoms with van der Waals surface area (Å²) in [5.41, 5.74) is -0.618. The summed E-state index contributed by atoms with van der Waals surface area (Å²) in [6.45, 7) is 2.23. The standard InChI is InChI=1S/C19H21F3N4O3S/c1-23-17(27)12-10-30-16-13(19(20,21)22)9-14(24-15(12)16)25-7-3-11(4-8-25)29-18(28)26-5-2-6-26/h9-11H,2-8H2,1H3,(H,23,27). The lowest BCUT2D eigenvalue weighted by atomic mass is 10.1. The number of hydrogen-bond acceptors (Lipinski definition) is 6. The Morgan fingerprint density at radius 1 is 1.23 bits per heavy atom. The lowest BCUT2D eigenvalue weighted by Crippen LogP contribution is -2.45. The van der Waals surface area contributed by atoms with Crippen molar-refractivity contribution in [1.29, 1.82) is 0 Å². The predicted octanol–water partition coefficient (Wildman–Crippen LogP) is 3.49. The van der Waals surface area contributed by atoms with Crippen LogP contribution in [0.1, 0.15) is 35.2 Å². The number of aromatic nitrogens is 1. The molecular weight excluding hydrogens is 421 g/mol. The topological polar surface area (TPSA) is 74.8 Å². The maximum atomic E-state index is 13.7. The van der Waals surface area contributed by atoms with Crippen molar-refractivity contribution >= 4 is 39.4 Å². The number of amides is 2. The third kappa shape index (κ3) is 3.90. The van der Waals surface area contributed by atoms with E-state index in [1.807, 2.05) is 0 Å². The smallest absolute Gasteiger partial charge is 0.417 e. The van der Waals surface area contributed by atoms with Gasteiger partial charge in [0, 0.05) is 51.4 Å². The molecule has 162 valence electrons. The summed E-state index contributed by atoms with van der Waals surface area (Å²) >= 11 is 0.860. The number of thiophene rings is 1. The molecule has 0 aliphatic carbocycles. The van der Waals surface area contributed by atoms with Crippen LogP contribution in [0.5, 0.6) is 0 Å². The largest absolute Gasteiger partial charge is 0.446 e. The van der Waals surface area contributed by atoms with Crippen LogP contribution in [-0.2, 0) is 10.9 Å². The number of rotatable bonds is 3. The highest BCUT2D eigenvalue weighted by Gasteiger charge is 2.36. The Balaban J connectivity index is 1.56. The molecule has 0 unspecified atom stereocenters. The zero-order chi connectivity index (χ0) is 21.5. The molecule has 2 aliphatic heterocycles. The number of carbonyl (C=O) groups is 2. The number of alkyl halides is 3. The van der Waals surface area contributed by atoms with Gasteiger partial charge in [0.05, 0.1) is 21.3 Å². The second kappa shape index (κ2) is 7.93. The van der Waals surface area contributed by atoms with Gasteiger partial charge in [-0.2, -0.15) is 13.2 Å². The molecule has 0 radical (unpaired) electrons. The number of fused-ring (bicyclic) bond motifs is 1. The summed E-state index contributed by atoms with van der Waals surface area (Å²) in [6, 6.07) is 1.04. The summed E-state index contributed by atoms with van der Waals surface area (Å²) in [6.07, 6.45) is -3.16. The summed E-state index contributed by atoms with van der Waals surface area (Å²) in [5.74, 6) is -0.304. The summed E-state index contributed by atoms with van der Waals surface area (Å²) in [5, 5.41) is 3.84. The van der Waals surface area contributed by atoms with Crippen LogP contribution < -0.4 is 10.2 Å². The molecule has 2 aliphatic rings. The number of nitrogens with one attached hydrogen (secondary N) is 1. The van der Waals surface area contributed by atoms with Crippen molar-refractivity contribution in [3.05, 3.63) is 22.6 Å². The van der Waals surface area contributed by atoms with E-state index in [9.17, 15) is 22.8 Å². The highest BCUT2D eigenvalue weighted by Crippen LogP contribution is 2.40. The Kier molecular flexibility index (Phi) is 5.48. The average Bonchev–Trinajstić information content (AvgIpc) is 3.09. The first-order valence-corrected chi connectivity index (χ1v) is 10.6. The van der Waals surface area contributed by atoms with Crippen LogP contribution in [0.25, 0.3) is 10.2 Å². The Bertz CT molecular complexity index is 966. The first-order valence-electron chi connectivity index (χ1n) is 9.70. The lowest BCUT2D eigenvalue weighted by Gasteiger charge is -2.35. The molecule has 0 bridgehead atoms. The van der Waals surface area contributed by atoms with E-state index in [0.29, 0.717) is 39.0 Å². The van der Waals surface area contributed by atoms with Gasteiger partial charge in [-0.25, -0.2) is 9.78 Å². The monoisotopic (exact) mass is 442 g/mol. The van der Waals surface area contributed by atoms with Crippen LogP contribution in [0.3, 0.4) is 0 Å². The minimum atomic E-state index is -4.56.